The molecule has 3 aromatic heterocycles. The zero-order valence-electron chi connectivity index (χ0n) is 17.6. The van der Waals surface area contributed by atoms with Gasteiger partial charge in [-0.2, -0.15) is 0 Å². The molecule has 12 heteroatoms. The molecule has 0 amide bonds. The first kappa shape index (κ1) is 19.7. The molecule has 1 aromatic carbocycles. The van der Waals surface area contributed by atoms with Crippen LogP contribution in [-0.4, -0.2) is 54.3 Å². The SMILES string of the molecule is Cn1nncc1C1CN(c2nnc(-c3cnc(NC4Cc5cc(F)c(F)cc5C4)nc3)o2)C1. The highest BCUT2D eigenvalue weighted by Gasteiger charge is 2.34. The molecule has 2 aliphatic rings. The summed E-state index contributed by atoms with van der Waals surface area (Å²) in [6, 6.07) is 2.94. The summed E-state index contributed by atoms with van der Waals surface area (Å²) in [6.45, 7) is 1.50. The molecule has 0 saturated carbocycles. The van der Waals surface area contributed by atoms with Gasteiger partial charge in [0.1, 0.15) is 0 Å². The Labute approximate surface area is 186 Å². The third-order valence-electron chi connectivity index (χ3n) is 6.14. The van der Waals surface area contributed by atoms with Crippen LogP contribution < -0.4 is 10.2 Å². The smallest absolute Gasteiger partial charge is 0.318 e. The molecule has 1 fully saturated rings. The second-order valence-electron chi connectivity index (χ2n) is 8.35. The summed E-state index contributed by atoms with van der Waals surface area (Å²) >= 11 is 0. The van der Waals surface area contributed by atoms with Crippen molar-refractivity contribution in [3.05, 3.63) is 59.2 Å². The second kappa shape index (κ2) is 7.57. The van der Waals surface area contributed by atoms with E-state index in [1.54, 1.807) is 23.3 Å². The Morgan fingerprint density at radius 3 is 2.33 bits per heavy atom. The predicted octanol–water partition coefficient (Wildman–Crippen LogP) is 2.12. The molecule has 0 unspecified atom stereocenters. The molecular weight excluding hydrogens is 432 g/mol. The summed E-state index contributed by atoms with van der Waals surface area (Å²) in [6.07, 6.45) is 6.14. The van der Waals surface area contributed by atoms with Gasteiger partial charge in [0.05, 0.1) is 17.5 Å². The number of aryl methyl sites for hydroxylation is 1. The number of nitrogens with zero attached hydrogens (tertiary/aromatic N) is 8. The number of fused-ring (bicyclic) bond motifs is 1. The van der Waals surface area contributed by atoms with E-state index < -0.39 is 11.6 Å². The number of rotatable bonds is 5. The van der Waals surface area contributed by atoms with E-state index in [4.69, 9.17) is 4.42 Å². The predicted molar refractivity (Wildman–Crippen MR) is 112 cm³/mol. The average molecular weight is 451 g/mol. The fourth-order valence-corrected chi connectivity index (χ4v) is 4.36. The number of halogens is 2. The topological polar surface area (TPSA) is 111 Å². The Morgan fingerprint density at radius 1 is 1.00 bits per heavy atom. The fraction of sp³-hybridized carbons (Fsp3) is 0.333. The molecule has 4 heterocycles. The van der Waals surface area contributed by atoms with Crippen molar-refractivity contribution in [3.63, 3.8) is 0 Å². The van der Waals surface area contributed by atoms with Crippen LogP contribution in [0.2, 0.25) is 0 Å². The molecule has 1 saturated heterocycles. The number of benzene rings is 1. The molecule has 1 aliphatic carbocycles. The average Bonchev–Trinajstić information content (AvgIpc) is 3.49. The molecule has 0 bridgehead atoms. The van der Waals surface area contributed by atoms with Gasteiger partial charge in [-0.05, 0) is 36.1 Å². The lowest BCUT2D eigenvalue weighted by atomic mass is 9.97. The second-order valence-corrected chi connectivity index (χ2v) is 8.35. The van der Waals surface area contributed by atoms with E-state index in [-0.39, 0.29) is 6.04 Å². The molecule has 1 aliphatic heterocycles. The van der Waals surface area contributed by atoms with Crippen LogP contribution in [0.1, 0.15) is 22.7 Å². The highest BCUT2D eigenvalue weighted by molar-refractivity contribution is 5.52. The van der Waals surface area contributed by atoms with Gasteiger partial charge in [-0.25, -0.2) is 18.7 Å². The zero-order chi connectivity index (χ0) is 22.5. The Kier molecular flexibility index (Phi) is 4.52. The summed E-state index contributed by atoms with van der Waals surface area (Å²) < 4.78 is 34.5. The fourth-order valence-electron chi connectivity index (χ4n) is 4.36. The number of hydrogen-bond acceptors (Lipinski definition) is 9. The van der Waals surface area contributed by atoms with Gasteiger partial charge < -0.3 is 14.6 Å². The van der Waals surface area contributed by atoms with E-state index in [0.717, 1.165) is 29.9 Å². The van der Waals surface area contributed by atoms with Gasteiger partial charge in [0, 0.05) is 44.5 Å². The van der Waals surface area contributed by atoms with Crippen molar-refractivity contribution >= 4 is 12.0 Å². The summed E-state index contributed by atoms with van der Waals surface area (Å²) in [7, 11) is 1.87. The van der Waals surface area contributed by atoms with Gasteiger partial charge in [0.2, 0.25) is 5.95 Å². The first-order valence-corrected chi connectivity index (χ1v) is 10.5. The van der Waals surface area contributed by atoms with Crippen molar-refractivity contribution in [3.8, 4) is 11.5 Å². The standard InChI is InChI=1S/C21H19F2N9O/c1-31-18(8-26-30-31)14-9-32(10-14)21-29-28-19(33-21)13-6-24-20(25-7-13)27-15-2-11-4-16(22)17(23)5-12(11)3-15/h4-8,14-15H,2-3,9-10H2,1H3,(H,24,25,27). The van der Waals surface area contributed by atoms with Crippen LogP contribution in [0.5, 0.6) is 0 Å². The van der Waals surface area contributed by atoms with E-state index in [9.17, 15) is 8.78 Å². The van der Waals surface area contributed by atoms with E-state index >= 15 is 0 Å². The minimum atomic E-state index is -0.823. The third-order valence-corrected chi connectivity index (χ3v) is 6.14. The van der Waals surface area contributed by atoms with Crippen LogP contribution in [0.15, 0.2) is 35.1 Å². The lowest BCUT2D eigenvalue weighted by Crippen LogP contribution is -2.46. The minimum Gasteiger partial charge on any atom is -0.403 e. The quantitative estimate of drug-likeness (QED) is 0.488. The van der Waals surface area contributed by atoms with Crippen LogP contribution in [0.25, 0.3) is 11.5 Å². The summed E-state index contributed by atoms with van der Waals surface area (Å²) in [4.78, 5) is 10.7. The van der Waals surface area contributed by atoms with Crippen molar-refractivity contribution in [1.82, 2.24) is 35.2 Å². The van der Waals surface area contributed by atoms with Crippen LogP contribution in [0, 0.1) is 11.6 Å². The van der Waals surface area contributed by atoms with E-state index in [2.05, 4.69) is 35.8 Å². The van der Waals surface area contributed by atoms with Crippen molar-refractivity contribution in [2.45, 2.75) is 24.8 Å². The Hall–Kier alpha value is -3.96. The Morgan fingerprint density at radius 2 is 1.70 bits per heavy atom. The number of anilines is 2. The molecule has 10 nitrogen and oxygen atoms in total. The van der Waals surface area contributed by atoms with Gasteiger partial charge in [-0.1, -0.05) is 10.3 Å². The monoisotopic (exact) mass is 451 g/mol. The van der Waals surface area contributed by atoms with Gasteiger partial charge in [0.15, 0.2) is 11.6 Å². The molecule has 4 aromatic rings. The van der Waals surface area contributed by atoms with Crippen LogP contribution in [0.4, 0.5) is 20.7 Å². The van der Waals surface area contributed by atoms with Crippen LogP contribution >= 0.6 is 0 Å². The number of hydrogen-bond donors (Lipinski definition) is 1. The van der Waals surface area contributed by atoms with Crippen molar-refractivity contribution in [1.29, 1.82) is 0 Å². The Balaban J connectivity index is 1.08. The van der Waals surface area contributed by atoms with Crippen LogP contribution in [-0.2, 0) is 19.9 Å². The van der Waals surface area contributed by atoms with E-state index in [0.29, 0.717) is 42.2 Å². The maximum absolute atomic E-state index is 13.5. The van der Waals surface area contributed by atoms with Gasteiger partial charge in [0.25, 0.3) is 5.89 Å². The van der Waals surface area contributed by atoms with Crippen molar-refractivity contribution in [2.24, 2.45) is 7.05 Å². The highest BCUT2D eigenvalue weighted by atomic mass is 19.2. The van der Waals surface area contributed by atoms with Crippen LogP contribution in [0.3, 0.4) is 0 Å². The minimum absolute atomic E-state index is 0.0314. The molecule has 1 N–H and O–H groups in total. The molecule has 33 heavy (non-hydrogen) atoms. The van der Waals surface area contributed by atoms with Crippen molar-refractivity contribution < 1.29 is 13.2 Å². The summed E-state index contributed by atoms with van der Waals surface area (Å²) in [5.41, 5.74) is 3.28. The summed E-state index contributed by atoms with van der Waals surface area (Å²) in [5.74, 6) is -0.564. The van der Waals surface area contributed by atoms with E-state index in [1.807, 2.05) is 11.9 Å². The maximum Gasteiger partial charge on any atom is 0.318 e. The maximum atomic E-state index is 13.5. The largest absolute Gasteiger partial charge is 0.403 e. The molecule has 6 rings (SSSR count). The highest BCUT2D eigenvalue weighted by Crippen LogP contribution is 2.32. The third kappa shape index (κ3) is 3.56. The molecule has 0 atom stereocenters. The normalized spacial score (nSPS) is 16.2. The van der Waals surface area contributed by atoms with Gasteiger partial charge in [-0.3, -0.25) is 4.68 Å². The Bertz CT molecular complexity index is 1280. The lowest BCUT2D eigenvalue weighted by Gasteiger charge is -2.37. The summed E-state index contributed by atoms with van der Waals surface area (Å²) in [5, 5.41) is 19.3. The molecule has 0 spiro atoms. The number of nitrogens with one attached hydrogen (secondary N) is 1. The molecule has 0 radical (unpaired) electrons. The molecular formula is C21H19F2N9O. The van der Waals surface area contributed by atoms with E-state index in [1.165, 1.54) is 12.1 Å². The first-order chi connectivity index (χ1) is 16.0. The van der Waals surface area contributed by atoms with Gasteiger partial charge in [-0.15, -0.1) is 10.2 Å². The van der Waals surface area contributed by atoms with Gasteiger partial charge >= 0.3 is 6.01 Å². The first-order valence-electron chi connectivity index (χ1n) is 10.5. The molecule has 168 valence electrons. The lowest BCUT2D eigenvalue weighted by molar-refractivity contribution is 0.438. The zero-order valence-corrected chi connectivity index (χ0v) is 17.6. The van der Waals surface area contributed by atoms with Crippen molar-refractivity contribution in [2.75, 3.05) is 23.3 Å². The number of aromatic nitrogens is 7.